The second kappa shape index (κ2) is 9.44. The van der Waals surface area contributed by atoms with Gasteiger partial charge in [0.05, 0.1) is 23.9 Å². The molecule has 4 aromatic carbocycles. The Balaban J connectivity index is 0.000000178. The third kappa shape index (κ3) is 3.94. The van der Waals surface area contributed by atoms with Gasteiger partial charge in [-0.3, -0.25) is 9.59 Å². The number of anilines is 2. The molecule has 0 aliphatic carbocycles. The van der Waals surface area contributed by atoms with E-state index in [1.807, 2.05) is 65.6 Å². The minimum atomic E-state index is -0.348. The molecule has 2 amide bonds. The molecular formula is C29H24N2O4. The molecular weight excluding hydrogens is 440 g/mol. The van der Waals surface area contributed by atoms with Crippen LogP contribution in [0, 0.1) is 0 Å². The summed E-state index contributed by atoms with van der Waals surface area (Å²) in [5.74, 6) is -0.248. The van der Waals surface area contributed by atoms with Gasteiger partial charge in [-0.25, -0.2) is 4.90 Å². The maximum atomic E-state index is 12.9. The average molecular weight is 465 g/mol. The van der Waals surface area contributed by atoms with Crippen LogP contribution in [-0.2, 0) is 0 Å². The lowest BCUT2D eigenvalue weighted by atomic mass is 10.1. The minimum Gasteiger partial charge on any atom is -0.496 e. The third-order valence-electron chi connectivity index (χ3n) is 6.18. The zero-order valence-corrected chi connectivity index (χ0v) is 19.2. The van der Waals surface area contributed by atoms with Crippen molar-refractivity contribution in [2.75, 3.05) is 30.2 Å². The zero-order valence-electron chi connectivity index (χ0n) is 19.2. The van der Waals surface area contributed by atoms with Crippen LogP contribution in [0.5, 0.6) is 5.75 Å². The first kappa shape index (κ1) is 22.4. The second-order valence-electron chi connectivity index (χ2n) is 8.15. The van der Waals surface area contributed by atoms with E-state index in [1.54, 1.807) is 24.3 Å². The van der Waals surface area contributed by atoms with Crippen molar-refractivity contribution in [1.29, 1.82) is 0 Å². The van der Waals surface area contributed by atoms with E-state index in [1.165, 1.54) is 17.6 Å². The number of para-hydroxylation sites is 1. The summed E-state index contributed by atoms with van der Waals surface area (Å²) in [5, 5.41) is 10.9. The monoisotopic (exact) mass is 464 g/mol. The third-order valence-corrected chi connectivity index (χ3v) is 6.18. The van der Waals surface area contributed by atoms with Crippen molar-refractivity contribution in [3.8, 4) is 5.75 Å². The summed E-state index contributed by atoms with van der Waals surface area (Å²) in [4.78, 5) is 28.8. The molecule has 0 spiro atoms. The van der Waals surface area contributed by atoms with Crippen LogP contribution in [0.25, 0.3) is 16.8 Å². The highest BCUT2D eigenvalue weighted by Crippen LogP contribution is 2.36. The first-order valence-corrected chi connectivity index (χ1v) is 11.3. The molecule has 0 atom stereocenters. The molecule has 0 unspecified atom stereocenters. The number of fused-ring (bicyclic) bond motifs is 3. The van der Waals surface area contributed by atoms with Gasteiger partial charge >= 0.3 is 0 Å². The molecule has 4 aromatic rings. The van der Waals surface area contributed by atoms with Gasteiger partial charge in [0.15, 0.2) is 0 Å². The van der Waals surface area contributed by atoms with Crippen molar-refractivity contribution >= 4 is 40.0 Å². The summed E-state index contributed by atoms with van der Waals surface area (Å²) >= 11 is 0. The summed E-state index contributed by atoms with van der Waals surface area (Å²) in [6, 6.07) is 26.4. The van der Waals surface area contributed by atoms with Crippen LogP contribution >= 0.6 is 0 Å². The van der Waals surface area contributed by atoms with Gasteiger partial charge in [-0.1, -0.05) is 72.8 Å². The Morgan fingerprint density at radius 2 is 1.54 bits per heavy atom. The van der Waals surface area contributed by atoms with Crippen molar-refractivity contribution in [2.45, 2.75) is 0 Å². The fraction of sp³-hybridized carbons (Fsp3) is 0.103. The number of ether oxygens (including phenoxy) is 1. The van der Waals surface area contributed by atoms with Crippen LogP contribution in [0.2, 0.25) is 0 Å². The van der Waals surface area contributed by atoms with E-state index in [4.69, 9.17) is 9.84 Å². The molecule has 0 fully saturated rings. The smallest absolute Gasteiger partial charge is 0.269 e. The molecule has 35 heavy (non-hydrogen) atoms. The Bertz CT molecular complexity index is 1460. The topological polar surface area (TPSA) is 70.1 Å². The second-order valence-corrected chi connectivity index (χ2v) is 8.15. The lowest BCUT2D eigenvalue weighted by molar-refractivity contribution is 0.0926. The van der Waals surface area contributed by atoms with Gasteiger partial charge in [0.25, 0.3) is 11.8 Å². The van der Waals surface area contributed by atoms with Gasteiger partial charge in [0, 0.05) is 17.6 Å². The van der Waals surface area contributed by atoms with Crippen LogP contribution in [0.4, 0.5) is 11.4 Å². The summed E-state index contributed by atoms with van der Waals surface area (Å²) in [6.45, 7) is 0.884. The molecule has 2 heterocycles. The van der Waals surface area contributed by atoms with Crippen molar-refractivity contribution < 1.29 is 19.4 Å². The van der Waals surface area contributed by atoms with Crippen molar-refractivity contribution in [2.24, 2.45) is 0 Å². The van der Waals surface area contributed by atoms with E-state index in [-0.39, 0.29) is 18.5 Å². The molecule has 0 radical (unpaired) electrons. The molecule has 1 N–H and O–H groups in total. The quantitative estimate of drug-likeness (QED) is 0.426. The Labute approximate surface area is 203 Å². The standard InChI is InChI=1S/C19H13NO3.C10H11NO/c1-23-16-11-5-9-14-17(16)19(22)20(18(14)21)15-10-4-7-12-6-2-3-8-13(12)15;12-8-11-7-3-5-9-4-1-2-6-10(9)11/h2-11H,1H3;1-6,12H,7-8H2. The zero-order chi connectivity index (χ0) is 24.4. The summed E-state index contributed by atoms with van der Waals surface area (Å²) < 4.78 is 5.25. The predicted molar refractivity (Wildman–Crippen MR) is 138 cm³/mol. The van der Waals surface area contributed by atoms with Crippen molar-refractivity contribution in [1.82, 2.24) is 0 Å². The van der Waals surface area contributed by atoms with Gasteiger partial charge < -0.3 is 14.7 Å². The first-order chi connectivity index (χ1) is 17.1. The van der Waals surface area contributed by atoms with Gasteiger partial charge in [0.1, 0.15) is 12.5 Å². The van der Waals surface area contributed by atoms with E-state index >= 15 is 0 Å². The van der Waals surface area contributed by atoms with Gasteiger partial charge in [-0.05, 0) is 35.2 Å². The van der Waals surface area contributed by atoms with E-state index < -0.39 is 0 Å². The minimum absolute atomic E-state index is 0.0847. The van der Waals surface area contributed by atoms with Crippen molar-refractivity contribution in [3.05, 3.63) is 108 Å². The number of amides is 2. The number of hydrogen-bond donors (Lipinski definition) is 1. The molecule has 174 valence electrons. The molecule has 0 saturated heterocycles. The fourth-order valence-electron chi connectivity index (χ4n) is 4.50. The van der Waals surface area contributed by atoms with Gasteiger partial charge in [0.2, 0.25) is 0 Å². The highest BCUT2D eigenvalue weighted by molar-refractivity contribution is 6.36. The lowest BCUT2D eigenvalue weighted by Gasteiger charge is -2.25. The number of aliphatic hydroxyl groups is 1. The van der Waals surface area contributed by atoms with Crippen LogP contribution in [0.3, 0.4) is 0 Å². The van der Waals surface area contributed by atoms with Crippen LogP contribution in [0.1, 0.15) is 26.3 Å². The van der Waals surface area contributed by atoms with Crippen LogP contribution < -0.4 is 14.5 Å². The summed E-state index contributed by atoms with van der Waals surface area (Å²) in [7, 11) is 1.49. The molecule has 2 aliphatic heterocycles. The Hall–Kier alpha value is -4.42. The molecule has 0 aromatic heterocycles. The number of rotatable bonds is 3. The fourth-order valence-corrected chi connectivity index (χ4v) is 4.50. The number of hydrogen-bond acceptors (Lipinski definition) is 5. The first-order valence-electron chi connectivity index (χ1n) is 11.3. The lowest BCUT2D eigenvalue weighted by Crippen LogP contribution is -2.29. The van der Waals surface area contributed by atoms with Gasteiger partial charge in [-0.15, -0.1) is 0 Å². The van der Waals surface area contributed by atoms with Crippen LogP contribution in [0.15, 0.2) is 91.0 Å². The molecule has 6 rings (SSSR count). The Morgan fingerprint density at radius 3 is 2.37 bits per heavy atom. The number of methoxy groups -OCH3 is 1. The van der Waals surface area contributed by atoms with Gasteiger partial charge in [-0.2, -0.15) is 0 Å². The molecule has 6 nitrogen and oxygen atoms in total. The molecule has 0 bridgehead atoms. The number of aliphatic hydroxyl groups excluding tert-OH is 1. The van der Waals surface area contributed by atoms with E-state index in [0.717, 1.165) is 23.0 Å². The maximum absolute atomic E-state index is 12.9. The van der Waals surface area contributed by atoms with E-state index in [9.17, 15) is 9.59 Å². The maximum Gasteiger partial charge on any atom is 0.269 e. The average Bonchev–Trinajstić information content (AvgIpc) is 3.18. The molecule has 0 saturated carbocycles. The van der Waals surface area contributed by atoms with Crippen LogP contribution in [-0.4, -0.2) is 37.3 Å². The molecule has 2 aliphatic rings. The highest BCUT2D eigenvalue weighted by atomic mass is 16.5. The number of imide groups is 1. The normalized spacial score (nSPS) is 13.9. The number of benzene rings is 4. The summed E-state index contributed by atoms with van der Waals surface area (Å²) in [6.07, 6.45) is 4.14. The molecule has 6 heteroatoms. The number of carbonyl (C=O) groups is 2. The number of nitrogens with zero attached hydrogens (tertiary/aromatic N) is 2. The predicted octanol–water partition coefficient (Wildman–Crippen LogP) is 5.12. The van der Waals surface area contributed by atoms with E-state index in [2.05, 4.69) is 12.2 Å². The number of carbonyl (C=O) groups excluding carboxylic acids is 2. The largest absolute Gasteiger partial charge is 0.496 e. The van der Waals surface area contributed by atoms with Crippen molar-refractivity contribution in [3.63, 3.8) is 0 Å². The SMILES string of the molecule is COc1cccc2c1C(=O)N(c1cccc3ccccc13)C2=O.OCN1CC=Cc2ccccc21. The summed E-state index contributed by atoms with van der Waals surface area (Å²) in [5.41, 5.74) is 3.59. The van der Waals surface area contributed by atoms with E-state index in [0.29, 0.717) is 22.6 Å². The highest BCUT2D eigenvalue weighted by Gasteiger charge is 2.39. The Kier molecular flexibility index (Phi) is 6.04. The Morgan fingerprint density at radius 1 is 0.829 bits per heavy atom.